The second kappa shape index (κ2) is 5.38. The highest BCUT2D eigenvalue weighted by molar-refractivity contribution is 7.17. The lowest BCUT2D eigenvalue weighted by molar-refractivity contribution is -0.148. The first-order valence-electron chi connectivity index (χ1n) is 6.56. The summed E-state index contributed by atoms with van der Waals surface area (Å²) >= 11 is 1.34. The van der Waals surface area contributed by atoms with Gasteiger partial charge in [0.05, 0.1) is 18.1 Å². The third-order valence-corrected chi connectivity index (χ3v) is 4.43. The summed E-state index contributed by atoms with van der Waals surface area (Å²) in [7, 11) is 1.48. The van der Waals surface area contributed by atoms with Crippen molar-refractivity contribution in [3.63, 3.8) is 0 Å². The Labute approximate surface area is 124 Å². The van der Waals surface area contributed by atoms with E-state index in [0.29, 0.717) is 28.9 Å². The average Bonchev–Trinajstić information content (AvgIpc) is 2.93. The molecule has 2 N–H and O–H groups in total. The topological polar surface area (TPSA) is 95.2 Å². The highest BCUT2D eigenvalue weighted by atomic mass is 32.1. The van der Waals surface area contributed by atoms with E-state index in [1.807, 2.05) is 5.38 Å². The van der Waals surface area contributed by atoms with Crippen molar-refractivity contribution < 1.29 is 9.59 Å². The molecule has 2 aromatic heterocycles. The number of carbonyl (C=O) groups is 2. The Morgan fingerprint density at radius 1 is 1.48 bits per heavy atom. The quantitative estimate of drug-likeness (QED) is 0.791. The predicted octanol–water partition coefficient (Wildman–Crippen LogP) is 0.222. The second-order valence-electron chi connectivity index (χ2n) is 4.91. The van der Waals surface area contributed by atoms with E-state index in [-0.39, 0.29) is 23.9 Å². The SMILES string of the molecule is CN1C(=O)CCC(NCc2nc3ccsc3c(=O)[nH]2)C1=O. The molecule has 0 bridgehead atoms. The van der Waals surface area contributed by atoms with Crippen LogP contribution in [0, 0.1) is 0 Å². The molecule has 8 heteroatoms. The third-order valence-electron chi connectivity index (χ3n) is 3.53. The summed E-state index contributed by atoms with van der Waals surface area (Å²) in [4.78, 5) is 43.4. The number of nitrogens with one attached hydrogen (secondary N) is 2. The van der Waals surface area contributed by atoms with Gasteiger partial charge in [-0.05, 0) is 17.9 Å². The molecule has 7 nitrogen and oxygen atoms in total. The molecule has 2 aromatic rings. The van der Waals surface area contributed by atoms with Gasteiger partial charge in [-0.2, -0.15) is 0 Å². The molecule has 1 saturated heterocycles. The molecule has 0 saturated carbocycles. The van der Waals surface area contributed by atoms with E-state index in [1.165, 1.54) is 18.4 Å². The molecule has 3 heterocycles. The summed E-state index contributed by atoms with van der Waals surface area (Å²) in [6.45, 7) is 0.277. The Hall–Kier alpha value is -2.06. The zero-order valence-corrected chi connectivity index (χ0v) is 12.2. The third kappa shape index (κ3) is 2.59. The van der Waals surface area contributed by atoms with Gasteiger partial charge in [-0.3, -0.25) is 24.6 Å². The molecule has 1 unspecified atom stereocenters. The predicted molar refractivity (Wildman–Crippen MR) is 77.9 cm³/mol. The fraction of sp³-hybridized carbons (Fsp3) is 0.385. The average molecular weight is 306 g/mol. The Kier molecular flexibility index (Phi) is 3.56. The van der Waals surface area contributed by atoms with Gasteiger partial charge in [0, 0.05) is 13.5 Å². The van der Waals surface area contributed by atoms with Gasteiger partial charge >= 0.3 is 0 Å². The van der Waals surface area contributed by atoms with Gasteiger partial charge in [0.25, 0.3) is 5.56 Å². The minimum atomic E-state index is -0.420. The van der Waals surface area contributed by atoms with Crippen LogP contribution in [-0.2, 0) is 16.1 Å². The number of piperidine rings is 1. The highest BCUT2D eigenvalue weighted by Gasteiger charge is 2.31. The van der Waals surface area contributed by atoms with E-state index >= 15 is 0 Å². The number of fused-ring (bicyclic) bond motifs is 1. The van der Waals surface area contributed by atoms with Crippen LogP contribution in [0.5, 0.6) is 0 Å². The van der Waals surface area contributed by atoms with Crippen molar-refractivity contribution in [2.45, 2.75) is 25.4 Å². The van der Waals surface area contributed by atoms with Crippen molar-refractivity contribution in [3.8, 4) is 0 Å². The molecule has 2 amide bonds. The van der Waals surface area contributed by atoms with Gasteiger partial charge in [-0.25, -0.2) is 4.98 Å². The summed E-state index contributed by atoms with van der Waals surface area (Å²) in [5, 5.41) is 4.86. The molecule has 0 spiro atoms. The smallest absolute Gasteiger partial charge is 0.268 e. The van der Waals surface area contributed by atoms with Gasteiger partial charge < -0.3 is 4.98 Å². The number of amides is 2. The number of carbonyl (C=O) groups excluding carboxylic acids is 2. The van der Waals surface area contributed by atoms with Crippen molar-refractivity contribution in [1.29, 1.82) is 0 Å². The standard InChI is InChI=1S/C13H14N4O3S/c1-17-10(18)3-2-8(13(17)20)14-6-9-15-7-4-5-21-11(7)12(19)16-9/h4-5,8,14H,2-3,6H2,1H3,(H,15,16,19). The Morgan fingerprint density at radius 3 is 3.10 bits per heavy atom. The monoisotopic (exact) mass is 306 g/mol. The van der Waals surface area contributed by atoms with Gasteiger partial charge in [-0.1, -0.05) is 0 Å². The van der Waals surface area contributed by atoms with Crippen LogP contribution in [0.4, 0.5) is 0 Å². The minimum absolute atomic E-state index is 0.163. The van der Waals surface area contributed by atoms with Crippen molar-refractivity contribution in [2.24, 2.45) is 0 Å². The number of H-pyrrole nitrogens is 1. The van der Waals surface area contributed by atoms with E-state index < -0.39 is 6.04 Å². The van der Waals surface area contributed by atoms with Crippen molar-refractivity contribution in [2.75, 3.05) is 7.05 Å². The zero-order chi connectivity index (χ0) is 15.0. The number of aromatic nitrogens is 2. The molecular formula is C13H14N4O3S. The van der Waals surface area contributed by atoms with Crippen molar-refractivity contribution in [3.05, 3.63) is 27.6 Å². The van der Waals surface area contributed by atoms with Crippen LogP contribution in [0.25, 0.3) is 10.2 Å². The Bertz CT molecular complexity index is 766. The summed E-state index contributed by atoms with van der Waals surface area (Å²) in [6, 6.07) is 1.37. The number of hydrogen-bond donors (Lipinski definition) is 2. The molecular weight excluding hydrogens is 292 g/mol. The summed E-state index contributed by atoms with van der Waals surface area (Å²) in [5.41, 5.74) is 0.483. The number of thiophene rings is 1. The summed E-state index contributed by atoms with van der Waals surface area (Å²) in [5.74, 6) is 0.0766. The molecule has 0 radical (unpaired) electrons. The number of nitrogens with zero attached hydrogens (tertiary/aromatic N) is 2. The van der Waals surface area contributed by atoms with Gasteiger partial charge in [0.1, 0.15) is 10.5 Å². The molecule has 21 heavy (non-hydrogen) atoms. The molecule has 0 aliphatic carbocycles. The van der Waals surface area contributed by atoms with Gasteiger partial charge in [0.15, 0.2) is 0 Å². The second-order valence-corrected chi connectivity index (χ2v) is 5.83. The Balaban J connectivity index is 1.73. The van der Waals surface area contributed by atoms with Crippen LogP contribution in [0.2, 0.25) is 0 Å². The normalized spacial score (nSPS) is 19.5. The molecule has 110 valence electrons. The summed E-state index contributed by atoms with van der Waals surface area (Å²) < 4.78 is 0.595. The van der Waals surface area contributed by atoms with Crippen LogP contribution in [0.15, 0.2) is 16.2 Å². The molecule has 1 aliphatic heterocycles. The fourth-order valence-corrected chi connectivity index (χ4v) is 3.06. The number of rotatable bonds is 3. The number of hydrogen-bond acceptors (Lipinski definition) is 6. The molecule has 3 rings (SSSR count). The zero-order valence-electron chi connectivity index (χ0n) is 11.4. The van der Waals surface area contributed by atoms with Crippen molar-refractivity contribution >= 4 is 33.4 Å². The number of imide groups is 1. The maximum Gasteiger partial charge on any atom is 0.268 e. The first-order chi connectivity index (χ1) is 10.1. The Morgan fingerprint density at radius 2 is 2.29 bits per heavy atom. The fourth-order valence-electron chi connectivity index (χ4n) is 2.33. The van der Waals surface area contributed by atoms with E-state index in [2.05, 4.69) is 15.3 Å². The largest absolute Gasteiger partial charge is 0.308 e. The molecule has 1 aliphatic rings. The minimum Gasteiger partial charge on any atom is -0.308 e. The van der Waals surface area contributed by atoms with Crippen LogP contribution >= 0.6 is 11.3 Å². The lowest BCUT2D eigenvalue weighted by atomic mass is 10.0. The van der Waals surface area contributed by atoms with Crippen LogP contribution in [-0.4, -0.2) is 39.8 Å². The number of likely N-dealkylation sites (N-methyl/N-ethyl adjacent to an activating group) is 1. The number of aromatic amines is 1. The van der Waals surface area contributed by atoms with Crippen LogP contribution in [0.1, 0.15) is 18.7 Å². The molecule has 0 aromatic carbocycles. The maximum absolute atomic E-state index is 11.9. The lowest BCUT2D eigenvalue weighted by Crippen LogP contribution is -2.51. The summed E-state index contributed by atoms with van der Waals surface area (Å²) in [6.07, 6.45) is 0.806. The van der Waals surface area contributed by atoms with E-state index in [9.17, 15) is 14.4 Å². The maximum atomic E-state index is 11.9. The molecule has 1 atom stereocenters. The van der Waals surface area contributed by atoms with Crippen LogP contribution < -0.4 is 10.9 Å². The van der Waals surface area contributed by atoms with Gasteiger partial charge in [0.2, 0.25) is 11.8 Å². The first kappa shape index (κ1) is 13.9. The van der Waals surface area contributed by atoms with Crippen molar-refractivity contribution in [1.82, 2.24) is 20.2 Å². The highest BCUT2D eigenvalue weighted by Crippen LogP contribution is 2.14. The van der Waals surface area contributed by atoms with E-state index in [0.717, 1.165) is 4.90 Å². The molecule has 1 fully saturated rings. The van der Waals surface area contributed by atoms with E-state index in [4.69, 9.17) is 0 Å². The first-order valence-corrected chi connectivity index (χ1v) is 7.44. The number of likely N-dealkylation sites (tertiary alicyclic amines) is 1. The lowest BCUT2D eigenvalue weighted by Gasteiger charge is -2.28. The van der Waals surface area contributed by atoms with Gasteiger partial charge in [-0.15, -0.1) is 11.3 Å². The van der Waals surface area contributed by atoms with Crippen LogP contribution in [0.3, 0.4) is 0 Å². The van der Waals surface area contributed by atoms with E-state index in [1.54, 1.807) is 6.07 Å².